The van der Waals surface area contributed by atoms with E-state index >= 15 is 0 Å². The predicted molar refractivity (Wildman–Crippen MR) is 46.2 cm³/mol. The number of aliphatic hydroxyl groups is 1. The molecule has 66 valence electrons. The van der Waals surface area contributed by atoms with Crippen molar-refractivity contribution >= 4 is 11.5 Å². The quantitative estimate of drug-likeness (QED) is 0.711. The van der Waals surface area contributed by atoms with E-state index in [0.29, 0.717) is 19.6 Å². The average molecular weight is 185 g/mol. The fourth-order valence-electron chi connectivity index (χ4n) is 1.33. The molecule has 2 heterocycles. The SMILES string of the molecule is Cc1cc(C2(O)CCOC2)sn1. The molecular formula is C8H11NO2S. The maximum atomic E-state index is 10.0. The Bertz CT molecular complexity index is 278. The van der Waals surface area contributed by atoms with E-state index < -0.39 is 5.60 Å². The summed E-state index contributed by atoms with van der Waals surface area (Å²) in [5.41, 5.74) is 0.210. The van der Waals surface area contributed by atoms with Gasteiger partial charge in [-0.25, -0.2) is 0 Å². The van der Waals surface area contributed by atoms with Crippen LogP contribution in [-0.2, 0) is 10.3 Å². The van der Waals surface area contributed by atoms with E-state index in [2.05, 4.69) is 4.37 Å². The molecule has 1 aliphatic heterocycles. The van der Waals surface area contributed by atoms with Gasteiger partial charge in [-0.1, -0.05) is 0 Å². The van der Waals surface area contributed by atoms with Gasteiger partial charge in [0.05, 0.1) is 17.2 Å². The van der Waals surface area contributed by atoms with Crippen LogP contribution < -0.4 is 0 Å². The lowest BCUT2D eigenvalue weighted by atomic mass is 10.0. The Labute approximate surface area is 75.2 Å². The van der Waals surface area contributed by atoms with Gasteiger partial charge in [-0.15, -0.1) is 0 Å². The second-order valence-corrected chi connectivity index (χ2v) is 3.97. The third-order valence-electron chi connectivity index (χ3n) is 2.09. The Morgan fingerprint density at radius 3 is 3.08 bits per heavy atom. The van der Waals surface area contributed by atoms with Crippen molar-refractivity contribution in [1.82, 2.24) is 4.37 Å². The molecule has 0 amide bonds. The molecule has 0 spiro atoms. The van der Waals surface area contributed by atoms with Crippen molar-refractivity contribution in [3.05, 3.63) is 16.6 Å². The zero-order valence-corrected chi connectivity index (χ0v) is 7.73. The van der Waals surface area contributed by atoms with Crippen LogP contribution in [0.2, 0.25) is 0 Å². The van der Waals surface area contributed by atoms with E-state index in [1.165, 1.54) is 11.5 Å². The molecule has 0 bridgehead atoms. The Balaban J connectivity index is 2.28. The van der Waals surface area contributed by atoms with Gasteiger partial charge in [-0.2, -0.15) is 4.37 Å². The van der Waals surface area contributed by atoms with Crippen LogP contribution in [0.1, 0.15) is 17.0 Å². The van der Waals surface area contributed by atoms with Crippen LogP contribution in [-0.4, -0.2) is 22.7 Å². The molecule has 1 N–H and O–H groups in total. The standard InChI is InChI=1S/C8H11NO2S/c1-6-4-7(12-9-6)8(10)2-3-11-5-8/h4,10H,2-3,5H2,1H3. The summed E-state index contributed by atoms with van der Waals surface area (Å²) in [7, 11) is 0. The molecule has 0 aromatic carbocycles. The summed E-state index contributed by atoms with van der Waals surface area (Å²) in [6, 6.07) is 1.93. The summed E-state index contributed by atoms with van der Waals surface area (Å²) in [5.74, 6) is 0. The highest BCUT2D eigenvalue weighted by Gasteiger charge is 2.35. The summed E-state index contributed by atoms with van der Waals surface area (Å²) in [5, 5.41) is 10.0. The maximum Gasteiger partial charge on any atom is 0.126 e. The lowest BCUT2D eigenvalue weighted by molar-refractivity contribution is 0.0263. The van der Waals surface area contributed by atoms with Gasteiger partial charge in [0.15, 0.2) is 0 Å². The molecule has 3 nitrogen and oxygen atoms in total. The molecule has 12 heavy (non-hydrogen) atoms. The summed E-state index contributed by atoms with van der Waals surface area (Å²) in [4.78, 5) is 0.928. The number of hydrogen-bond acceptors (Lipinski definition) is 4. The molecule has 4 heteroatoms. The van der Waals surface area contributed by atoms with Crippen molar-refractivity contribution in [2.24, 2.45) is 0 Å². The normalized spacial score (nSPS) is 29.5. The van der Waals surface area contributed by atoms with Gasteiger partial charge in [0.2, 0.25) is 0 Å². The molecule has 1 aromatic rings. The van der Waals surface area contributed by atoms with E-state index in [9.17, 15) is 5.11 Å². The third-order valence-corrected chi connectivity index (χ3v) is 3.16. The summed E-state index contributed by atoms with van der Waals surface area (Å²) >= 11 is 1.37. The number of hydrogen-bond donors (Lipinski definition) is 1. The number of nitrogens with zero attached hydrogens (tertiary/aromatic N) is 1. The molecule has 1 aromatic heterocycles. The molecule has 0 saturated carbocycles. The molecule has 0 radical (unpaired) electrons. The first-order valence-corrected chi connectivity index (χ1v) is 4.72. The Kier molecular flexibility index (Phi) is 1.90. The molecule has 1 aliphatic rings. The largest absolute Gasteiger partial charge is 0.382 e. The van der Waals surface area contributed by atoms with Gasteiger partial charge in [0.25, 0.3) is 0 Å². The molecule has 1 unspecified atom stereocenters. The van der Waals surface area contributed by atoms with Crippen LogP contribution in [0.3, 0.4) is 0 Å². The monoisotopic (exact) mass is 185 g/mol. The van der Waals surface area contributed by atoms with E-state index in [0.717, 1.165) is 10.6 Å². The zero-order chi connectivity index (χ0) is 8.60. The van der Waals surface area contributed by atoms with Crippen LogP contribution >= 0.6 is 11.5 Å². The van der Waals surface area contributed by atoms with Crippen LogP contribution in [0.5, 0.6) is 0 Å². The average Bonchev–Trinajstić information content (AvgIpc) is 2.59. The summed E-state index contributed by atoms with van der Waals surface area (Å²) in [6.45, 7) is 2.99. The molecule has 2 rings (SSSR count). The second-order valence-electron chi connectivity index (χ2n) is 3.17. The van der Waals surface area contributed by atoms with Crippen molar-refractivity contribution < 1.29 is 9.84 Å². The van der Waals surface area contributed by atoms with Crippen molar-refractivity contribution in [2.75, 3.05) is 13.2 Å². The molecule has 0 aliphatic carbocycles. The van der Waals surface area contributed by atoms with Gasteiger partial charge < -0.3 is 9.84 Å². The number of ether oxygens (including phenoxy) is 1. The van der Waals surface area contributed by atoms with Gasteiger partial charge in [0, 0.05) is 13.0 Å². The van der Waals surface area contributed by atoms with Gasteiger partial charge in [-0.05, 0) is 24.5 Å². The lowest BCUT2D eigenvalue weighted by Crippen LogP contribution is -2.23. The molecular weight excluding hydrogens is 174 g/mol. The Morgan fingerprint density at radius 2 is 2.58 bits per heavy atom. The Morgan fingerprint density at radius 1 is 1.75 bits per heavy atom. The fraction of sp³-hybridized carbons (Fsp3) is 0.625. The molecule has 1 fully saturated rings. The van der Waals surface area contributed by atoms with Crippen molar-refractivity contribution in [3.8, 4) is 0 Å². The minimum absolute atomic E-state index is 0.411. The van der Waals surface area contributed by atoms with Crippen LogP contribution in [0.4, 0.5) is 0 Å². The first-order chi connectivity index (χ1) is 5.71. The first-order valence-electron chi connectivity index (χ1n) is 3.95. The Hall–Kier alpha value is -0.450. The van der Waals surface area contributed by atoms with Gasteiger partial charge in [0.1, 0.15) is 5.60 Å². The minimum atomic E-state index is -0.758. The summed E-state index contributed by atoms with van der Waals surface area (Å²) < 4.78 is 9.29. The van der Waals surface area contributed by atoms with Crippen molar-refractivity contribution in [2.45, 2.75) is 18.9 Å². The van der Waals surface area contributed by atoms with Crippen molar-refractivity contribution in [1.29, 1.82) is 0 Å². The number of rotatable bonds is 1. The van der Waals surface area contributed by atoms with Gasteiger partial charge >= 0.3 is 0 Å². The van der Waals surface area contributed by atoms with Crippen molar-refractivity contribution in [3.63, 3.8) is 0 Å². The fourth-order valence-corrected chi connectivity index (χ4v) is 2.18. The smallest absolute Gasteiger partial charge is 0.126 e. The van der Waals surface area contributed by atoms with E-state index in [-0.39, 0.29) is 0 Å². The zero-order valence-electron chi connectivity index (χ0n) is 6.91. The highest BCUT2D eigenvalue weighted by molar-refractivity contribution is 7.06. The van der Waals surface area contributed by atoms with Crippen LogP contribution in [0.25, 0.3) is 0 Å². The topological polar surface area (TPSA) is 42.4 Å². The molecule has 1 atom stereocenters. The number of aryl methyl sites for hydroxylation is 1. The van der Waals surface area contributed by atoms with Crippen LogP contribution in [0, 0.1) is 6.92 Å². The minimum Gasteiger partial charge on any atom is -0.382 e. The summed E-state index contributed by atoms with van der Waals surface area (Å²) in [6.07, 6.45) is 0.689. The van der Waals surface area contributed by atoms with E-state index in [1.807, 2.05) is 13.0 Å². The predicted octanol–water partition coefficient (Wildman–Crippen LogP) is 1.06. The highest BCUT2D eigenvalue weighted by Crippen LogP contribution is 2.32. The second kappa shape index (κ2) is 2.80. The van der Waals surface area contributed by atoms with E-state index in [1.54, 1.807) is 0 Å². The molecule has 1 saturated heterocycles. The van der Waals surface area contributed by atoms with Crippen LogP contribution in [0.15, 0.2) is 6.07 Å². The number of aromatic nitrogens is 1. The highest BCUT2D eigenvalue weighted by atomic mass is 32.1. The first kappa shape index (κ1) is 8.16. The third kappa shape index (κ3) is 1.26. The van der Waals surface area contributed by atoms with E-state index in [4.69, 9.17) is 4.74 Å². The van der Waals surface area contributed by atoms with Gasteiger partial charge in [-0.3, -0.25) is 0 Å². The maximum absolute atomic E-state index is 10.0. The lowest BCUT2D eigenvalue weighted by Gasteiger charge is -2.16.